The fourth-order valence-electron chi connectivity index (χ4n) is 2.40. The van der Waals surface area contributed by atoms with Gasteiger partial charge in [0.05, 0.1) is 12.2 Å². The number of nitrogens with zero attached hydrogens (tertiary/aromatic N) is 1. The first kappa shape index (κ1) is 13.4. The zero-order chi connectivity index (χ0) is 14.8. The van der Waals surface area contributed by atoms with Crippen molar-refractivity contribution >= 4 is 6.03 Å². The maximum atomic E-state index is 12.8. The Bertz CT molecular complexity index is 705. The summed E-state index contributed by atoms with van der Waals surface area (Å²) in [6, 6.07) is 5.78. The molecule has 1 aliphatic heterocycles. The van der Waals surface area contributed by atoms with Crippen molar-refractivity contribution in [2.45, 2.75) is 19.5 Å². The van der Waals surface area contributed by atoms with Crippen LogP contribution >= 0.6 is 0 Å². The van der Waals surface area contributed by atoms with E-state index in [4.69, 9.17) is 0 Å². The van der Waals surface area contributed by atoms with Crippen molar-refractivity contribution in [3.63, 3.8) is 0 Å². The van der Waals surface area contributed by atoms with E-state index >= 15 is 0 Å². The molecule has 0 fully saturated rings. The van der Waals surface area contributed by atoms with Gasteiger partial charge in [-0.1, -0.05) is 12.1 Å². The fraction of sp³-hybridized carbons (Fsp3) is 0.286. The smallest absolute Gasteiger partial charge is 0.318 e. The molecule has 0 spiro atoms. The molecule has 2 amide bonds. The summed E-state index contributed by atoms with van der Waals surface area (Å²) in [5.41, 5.74) is 2.19. The minimum atomic E-state index is -0.301. The number of nitrogens with one attached hydrogen (secondary N) is 3. The van der Waals surface area contributed by atoms with E-state index in [1.165, 1.54) is 12.1 Å². The van der Waals surface area contributed by atoms with Crippen LogP contribution in [0.4, 0.5) is 9.18 Å². The highest BCUT2D eigenvalue weighted by molar-refractivity contribution is 5.74. The van der Waals surface area contributed by atoms with Gasteiger partial charge < -0.3 is 15.3 Å². The lowest BCUT2D eigenvalue weighted by atomic mass is 10.1. The molecule has 1 aromatic heterocycles. The van der Waals surface area contributed by atoms with Gasteiger partial charge in [0.15, 0.2) is 0 Å². The number of aromatic amines is 2. The second kappa shape index (κ2) is 5.43. The lowest BCUT2D eigenvalue weighted by Crippen LogP contribution is -2.43. The average molecular weight is 290 g/mol. The first-order chi connectivity index (χ1) is 10.1. The van der Waals surface area contributed by atoms with Crippen LogP contribution in [0.25, 0.3) is 0 Å². The number of rotatable bonds is 2. The van der Waals surface area contributed by atoms with E-state index < -0.39 is 0 Å². The number of halogens is 1. The highest BCUT2D eigenvalue weighted by Gasteiger charge is 2.23. The van der Waals surface area contributed by atoms with Crippen LogP contribution in [-0.2, 0) is 19.5 Å². The van der Waals surface area contributed by atoms with Crippen molar-refractivity contribution in [3.8, 4) is 0 Å². The molecule has 0 atom stereocenters. The van der Waals surface area contributed by atoms with Gasteiger partial charge in [0.2, 0.25) is 0 Å². The third kappa shape index (κ3) is 2.81. The average Bonchev–Trinajstić information content (AvgIpc) is 2.87. The van der Waals surface area contributed by atoms with E-state index in [2.05, 4.69) is 15.5 Å². The number of carbonyl (C=O) groups excluding carboxylic acids is 1. The normalized spacial score (nSPS) is 13.9. The fourth-order valence-corrected chi connectivity index (χ4v) is 2.40. The van der Waals surface area contributed by atoms with Gasteiger partial charge in [-0.15, -0.1) is 0 Å². The molecule has 110 valence electrons. The summed E-state index contributed by atoms with van der Waals surface area (Å²) in [7, 11) is 0. The molecular weight excluding hydrogens is 275 g/mol. The molecule has 6 nitrogen and oxygen atoms in total. The number of benzene rings is 1. The molecule has 1 aliphatic rings. The van der Waals surface area contributed by atoms with Gasteiger partial charge >= 0.3 is 6.03 Å². The van der Waals surface area contributed by atoms with Crippen molar-refractivity contribution in [3.05, 3.63) is 57.3 Å². The van der Waals surface area contributed by atoms with Crippen LogP contribution in [0.5, 0.6) is 0 Å². The standard InChI is InChI=1S/C14H15FN4O2/c15-10-3-1-9(2-4-10)7-16-14(21)19-6-5-11-12(8-19)17-18-13(11)20/h1-4H,5-8H2,(H,16,21)(H2,17,18,20). The molecule has 0 bridgehead atoms. The van der Waals surface area contributed by atoms with Gasteiger partial charge in [0.1, 0.15) is 5.82 Å². The largest absolute Gasteiger partial charge is 0.334 e. The minimum Gasteiger partial charge on any atom is -0.334 e. The third-order valence-corrected chi connectivity index (χ3v) is 3.59. The van der Waals surface area contributed by atoms with Crippen LogP contribution in [0.1, 0.15) is 16.8 Å². The van der Waals surface area contributed by atoms with E-state index in [0.29, 0.717) is 26.1 Å². The molecule has 3 N–H and O–H groups in total. The minimum absolute atomic E-state index is 0.114. The maximum absolute atomic E-state index is 12.8. The Morgan fingerprint density at radius 1 is 1.29 bits per heavy atom. The monoisotopic (exact) mass is 290 g/mol. The van der Waals surface area contributed by atoms with E-state index in [1.807, 2.05) is 0 Å². The summed E-state index contributed by atoms with van der Waals surface area (Å²) >= 11 is 0. The number of carbonyl (C=O) groups is 1. The predicted molar refractivity (Wildman–Crippen MR) is 74.2 cm³/mol. The number of H-pyrrole nitrogens is 2. The summed E-state index contributed by atoms with van der Waals surface area (Å²) in [4.78, 5) is 25.2. The SMILES string of the molecule is O=C(NCc1ccc(F)cc1)N1CCc2c([nH][nH]c2=O)C1. The van der Waals surface area contributed by atoms with E-state index in [-0.39, 0.29) is 17.4 Å². The molecule has 0 unspecified atom stereocenters. The van der Waals surface area contributed by atoms with Crippen LogP contribution in [0.15, 0.2) is 29.1 Å². The molecule has 21 heavy (non-hydrogen) atoms. The van der Waals surface area contributed by atoms with Crippen molar-refractivity contribution < 1.29 is 9.18 Å². The quantitative estimate of drug-likeness (QED) is 0.774. The zero-order valence-corrected chi connectivity index (χ0v) is 11.3. The molecule has 3 rings (SSSR count). The Kier molecular flexibility index (Phi) is 3.47. The summed E-state index contributed by atoms with van der Waals surface area (Å²) in [6.07, 6.45) is 0.540. The van der Waals surface area contributed by atoms with Gasteiger partial charge in [-0.05, 0) is 24.1 Å². The molecule has 1 aromatic carbocycles. The van der Waals surface area contributed by atoms with Crippen LogP contribution in [0, 0.1) is 5.82 Å². The first-order valence-electron chi connectivity index (χ1n) is 6.69. The Balaban J connectivity index is 1.59. The van der Waals surface area contributed by atoms with Crippen molar-refractivity contribution in [1.29, 1.82) is 0 Å². The number of aromatic nitrogens is 2. The lowest BCUT2D eigenvalue weighted by molar-refractivity contribution is 0.191. The molecule has 2 aromatic rings. The first-order valence-corrected chi connectivity index (χ1v) is 6.69. The van der Waals surface area contributed by atoms with Gasteiger partial charge in [-0.25, -0.2) is 9.18 Å². The number of fused-ring (bicyclic) bond motifs is 1. The third-order valence-electron chi connectivity index (χ3n) is 3.59. The topological polar surface area (TPSA) is 81.0 Å². The second-order valence-electron chi connectivity index (χ2n) is 4.99. The van der Waals surface area contributed by atoms with E-state index in [1.54, 1.807) is 17.0 Å². The summed E-state index contributed by atoms with van der Waals surface area (Å²) in [5.74, 6) is -0.301. The predicted octanol–water partition coefficient (Wildman–Crippen LogP) is 1.11. The Labute approximate surface area is 120 Å². The molecule has 2 heterocycles. The maximum Gasteiger partial charge on any atom is 0.318 e. The number of urea groups is 1. The molecule has 7 heteroatoms. The van der Waals surface area contributed by atoms with E-state index in [9.17, 15) is 14.0 Å². The second-order valence-corrected chi connectivity index (χ2v) is 4.99. The van der Waals surface area contributed by atoms with Crippen molar-refractivity contribution in [2.75, 3.05) is 6.54 Å². The summed E-state index contributed by atoms with van der Waals surface area (Å²) in [5, 5.41) is 8.11. The molecule has 0 saturated carbocycles. The zero-order valence-electron chi connectivity index (χ0n) is 11.3. The van der Waals surface area contributed by atoms with Crippen molar-refractivity contribution in [1.82, 2.24) is 20.4 Å². The van der Waals surface area contributed by atoms with Gasteiger partial charge in [0.25, 0.3) is 5.56 Å². The van der Waals surface area contributed by atoms with Gasteiger partial charge in [-0.2, -0.15) is 0 Å². The Hall–Kier alpha value is -2.57. The lowest BCUT2D eigenvalue weighted by Gasteiger charge is -2.26. The summed E-state index contributed by atoms with van der Waals surface area (Å²) < 4.78 is 12.8. The molecular formula is C14H15FN4O2. The Morgan fingerprint density at radius 2 is 2.05 bits per heavy atom. The van der Waals surface area contributed by atoms with E-state index in [0.717, 1.165) is 16.8 Å². The van der Waals surface area contributed by atoms with Crippen LogP contribution in [0.2, 0.25) is 0 Å². The van der Waals surface area contributed by atoms with Crippen molar-refractivity contribution in [2.24, 2.45) is 0 Å². The Morgan fingerprint density at radius 3 is 2.81 bits per heavy atom. The van der Waals surface area contributed by atoms with Gasteiger partial charge in [-0.3, -0.25) is 9.89 Å². The number of amides is 2. The van der Waals surface area contributed by atoms with Gasteiger partial charge in [0, 0.05) is 18.7 Å². The van der Waals surface area contributed by atoms with Crippen LogP contribution < -0.4 is 10.9 Å². The molecule has 0 saturated heterocycles. The summed E-state index contributed by atoms with van der Waals surface area (Å²) in [6.45, 7) is 1.22. The highest BCUT2D eigenvalue weighted by Crippen LogP contribution is 2.13. The van der Waals surface area contributed by atoms with Crippen LogP contribution in [-0.4, -0.2) is 27.7 Å². The number of hydrogen-bond acceptors (Lipinski definition) is 2. The van der Waals surface area contributed by atoms with Crippen LogP contribution in [0.3, 0.4) is 0 Å². The molecule has 0 radical (unpaired) electrons. The molecule has 0 aliphatic carbocycles. The number of hydrogen-bond donors (Lipinski definition) is 3. The highest BCUT2D eigenvalue weighted by atomic mass is 19.1.